The van der Waals surface area contributed by atoms with Crippen molar-refractivity contribution in [1.29, 1.82) is 0 Å². The van der Waals surface area contributed by atoms with E-state index in [1.54, 1.807) is 30.5 Å². The van der Waals surface area contributed by atoms with Crippen LogP contribution in [0.4, 0.5) is 14.5 Å². The summed E-state index contributed by atoms with van der Waals surface area (Å²) in [6, 6.07) is 12.4. The van der Waals surface area contributed by atoms with Gasteiger partial charge in [-0.15, -0.1) is 5.10 Å². The second-order valence-electron chi connectivity index (χ2n) is 8.46. The van der Waals surface area contributed by atoms with Crippen LogP contribution in [-0.2, 0) is 4.74 Å². The Balaban J connectivity index is 1.39. The van der Waals surface area contributed by atoms with Crippen LogP contribution < -0.4 is 5.73 Å². The molecule has 35 heavy (non-hydrogen) atoms. The topological polar surface area (TPSA) is 96.7 Å². The third-order valence-electron chi connectivity index (χ3n) is 6.32. The monoisotopic (exact) mass is 473 g/mol. The highest BCUT2D eigenvalue weighted by Crippen LogP contribution is 2.34. The molecule has 0 amide bonds. The van der Waals surface area contributed by atoms with Crippen molar-refractivity contribution in [2.45, 2.75) is 18.9 Å². The Hall–Kier alpha value is -4.18. The Kier molecular flexibility index (Phi) is 5.22. The number of nitrogens with two attached hydrogens (primary N) is 1. The van der Waals surface area contributed by atoms with E-state index in [0.29, 0.717) is 35.6 Å². The third kappa shape index (κ3) is 3.71. The van der Waals surface area contributed by atoms with Crippen molar-refractivity contribution in [3.63, 3.8) is 0 Å². The van der Waals surface area contributed by atoms with E-state index in [9.17, 15) is 4.39 Å². The lowest BCUT2D eigenvalue weighted by molar-refractivity contribution is 0.0657. The van der Waals surface area contributed by atoms with E-state index in [0.717, 1.165) is 18.4 Å². The average Bonchev–Trinajstić information content (AvgIpc) is 3.56. The number of ether oxygens (including phenoxy) is 1. The maximum atomic E-state index is 15.1. The van der Waals surface area contributed by atoms with E-state index in [1.807, 2.05) is 23.0 Å². The summed E-state index contributed by atoms with van der Waals surface area (Å²) >= 11 is 0. The molecule has 0 spiro atoms. The van der Waals surface area contributed by atoms with Crippen molar-refractivity contribution in [2.24, 2.45) is 0 Å². The van der Waals surface area contributed by atoms with Crippen molar-refractivity contribution in [3.8, 4) is 28.1 Å². The van der Waals surface area contributed by atoms with Gasteiger partial charge in [-0.3, -0.25) is 4.57 Å². The second kappa shape index (κ2) is 8.55. The lowest BCUT2D eigenvalue weighted by atomic mass is 10.0. The fraction of sp³-hybridized carbons (Fsp3) is 0.200. The first-order valence-corrected chi connectivity index (χ1v) is 11.3. The molecule has 8 nitrogen and oxygen atoms in total. The van der Waals surface area contributed by atoms with Crippen LogP contribution in [0.5, 0.6) is 0 Å². The molecular weight excluding hydrogens is 452 g/mol. The molecule has 2 N–H and O–H groups in total. The van der Waals surface area contributed by atoms with Gasteiger partial charge in [-0.25, -0.2) is 23.4 Å². The highest BCUT2D eigenvalue weighted by Gasteiger charge is 2.21. The minimum atomic E-state index is -0.869. The molecule has 0 aliphatic carbocycles. The highest BCUT2D eigenvalue weighted by molar-refractivity contribution is 5.80. The molecule has 5 aromatic rings. The zero-order valence-corrected chi connectivity index (χ0v) is 18.6. The number of aromatic nitrogens is 6. The van der Waals surface area contributed by atoms with Gasteiger partial charge in [-0.2, -0.15) is 0 Å². The summed E-state index contributed by atoms with van der Waals surface area (Å²) in [5.74, 6) is -1.67. The number of fused-ring (bicyclic) bond motifs is 1. The highest BCUT2D eigenvalue weighted by atomic mass is 19.1. The first-order chi connectivity index (χ1) is 17.1. The molecule has 10 heteroatoms. The Morgan fingerprint density at radius 2 is 1.77 bits per heavy atom. The lowest BCUT2D eigenvalue weighted by Gasteiger charge is -2.21. The number of halogens is 2. The second-order valence-corrected chi connectivity index (χ2v) is 8.46. The fourth-order valence-corrected chi connectivity index (χ4v) is 4.40. The Morgan fingerprint density at radius 3 is 2.57 bits per heavy atom. The standard InChI is InChI=1S/C25H21F2N7O/c26-22-18(15-4-2-1-3-5-15)11-21(23(27)24(22)28)33-14-30-19-10-16(12-29-25(19)33)20-13-34(32-31-20)17-6-8-35-9-7-17/h1-5,10-14,17H,6-9,28H2. The Bertz CT molecular complexity index is 1520. The van der Waals surface area contributed by atoms with Crippen LogP contribution in [0.15, 0.2) is 61.2 Å². The minimum Gasteiger partial charge on any atom is -0.394 e. The van der Waals surface area contributed by atoms with Crippen molar-refractivity contribution in [3.05, 3.63) is 72.8 Å². The van der Waals surface area contributed by atoms with E-state index in [1.165, 1.54) is 17.0 Å². The predicted molar refractivity (Wildman–Crippen MR) is 127 cm³/mol. The Labute approximate surface area is 199 Å². The molecule has 1 aliphatic heterocycles. The summed E-state index contributed by atoms with van der Waals surface area (Å²) in [4.78, 5) is 8.91. The van der Waals surface area contributed by atoms with Gasteiger partial charge in [-0.05, 0) is 30.5 Å². The third-order valence-corrected chi connectivity index (χ3v) is 6.32. The van der Waals surface area contributed by atoms with Gasteiger partial charge >= 0.3 is 0 Å². The van der Waals surface area contributed by atoms with Gasteiger partial charge in [0.05, 0.1) is 17.9 Å². The van der Waals surface area contributed by atoms with Crippen molar-refractivity contribution < 1.29 is 13.5 Å². The number of benzene rings is 2. The molecule has 0 atom stereocenters. The van der Waals surface area contributed by atoms with Crippen LogP contribution in [0.2, 0.25) is 0 Å². The van der Waals surface area contributed by atoms with Crippen LogP contribution in [0.25, 0.3) is 39.2 Å². The molecular formula is C25H21F2N7O. The van der Waals surface area contributed by atoms with Crippen molar-refractivity contribution >= 4 is 16.9 Å². The number of hydrogen-bond donors (Lipinski definition) is 1. The minimum absolute atomic E-state index is 0.0657. The molecule has 0 bridgehead atoms. The fourth-order valence-electron chi connectivity index (χ4n) is 4.40. The van der Waals surface area contributed by atoms with E-state index >= 15 is 4.39 Å². The smallest absolute Gasteiger partial charge is 0.173 e. The van der Waals surface area contributed by atoms with Gasteiger partial charge in [0, 0.05) is 30.5 Å². The molecule has 6 rings (SSSR count). The van der Waals surface area contributed by atoms with Crippen LogP contribution in [-0.4, -0.2) is 42.7 Å². The number of hydrogen-bond acceptors (Lipinski definition) is 6. The Morgan fingerprint density at radius 1 is 0.971 bits per heavy atom. The van der Waals surface area contributed by atoms with Gasteiger partial charge in [0.25, 0.3) is 0 Å². The molecule has 3 aromatic heterocycles. The molecule has 0 unspecified atom stereocenters. The number of rotatable bonds is 4. The van der Waals surface area contributed by atoms with E-state index < -0.39 is 17.3 Å². The van der Waals surface area contributed by atoms with Crippen molar-refractivity contribution in [1.82, 2.24) is 29.5 Å². The van der Waals surface area contributed by atoms with Crippen LogP contribution in [0, 0.1) is 11.6 Å². The van der Waals surface area contributed by atoms with Crippen molar-refractivity contribution in [2.75, 3.05) is 18.9 Å². The summed E-state index contributed by atoms with van der Waals surface area (Å²) in [5, 5.41) is 8.57. The van der Waals surface area contributed by atoms with E-state index in [2.05, 4.69) is 20.3 Å². The number of nitrogen functional groups attached to an aromatic ring is 1. The van der Waals surface area contributed by atoms with E-state index in [4.69, 9.17) is 10.5 Å². The van der Waals surface area contributed by atoms with E-state index in [-0.39, 0.29) is 17.3 Å². The van der Waals surface area contributed by atoms with Crippen LogP contribution in [0.3, 0.4) is 0 Å². The summed E-state index contributed by atoms with van der Waals surface area (Å²) in [6.45, 7) is 1.42. The molecule has 176 valence electrons. The maximum absolute atomic E-state index is 15.1. The quantitative estimate of drug-likeness (QED) is 0.385. The number of pyridine rings is 1. The average molecular weight is 473 g/mol. The number of anilines is 1. The van der Waals surface area contributed by atoms with Gasteiger partial charge < -0.3 is 10.5 Å². The summed E-state index contributed by atoms with van der Waals surface area (Å²) in [7, 11) is 0. The zero-order chi connectivity index (χ0) is 23.9. The molecule has 4 heterocycles. The molecule has 2 aromatic carbocycles. The molecule has 1 aliphatic rings. The summed E-state index contributed by atoms with van der Waals surface area (Å²) < 4.78 is 38.7. The molecule has 0 saturated carbocycles. The SMILES string of the molecule is Nc1c(F)c(-c2ccccc2)cc(-n2cnc3cc(-c4cn(C5CCOCC5)nn4)cnc32)c1F. The lowest BCUT2D eigenvalue weighted by Crippen LogP contribution is -2.19. The van der Waals surface area contributed by atoms with Crippen LogP contribution >= 0.6 is 0 Å². The van der Waals surface area contributed by atoms with Crippen LogP contribution in [0.1, 0.15) is 18.9 Å². The number of nitrogens with zero attached hydrogens (tertiary/aromatic N) is 6. The van der Waals surface area contributed by atoms with Gasteiger partial charge in [0.15, 0.2) is 17.3 Å². The molecule has 1 saturated heterocycles. The van der Waals surface area contributed by atoms with Gasteiger partial charge in [0.2, 0.25) is 0 Å². The van der Waals surface area contributed by atoms with Gasteiger partial charge in [0.1, 0.15) is 23.2 Å². The maximum Gasteiger partial charge on any atom is 0.173 e. The molecule has 1 fully saturated rings. The summed E-state index contributed by atoms with van der Waals surface area (Å²) in [6.07, 6.45) is 6.76. The molecule has 0 radical (unpaired) electrons. The first kappa shape index (κ1) is 21.4. The predicted octanol–water partition coefficient (Wildman–Crippen LogP) is 4.56. The summed E-state index contributed by atoms with van der Waals surface area (Å²) in [5.41, 5.74) is 8.46. The normalized spacial score (nSPS) is 14.6. The number of imidazole rings is 1. The zero-order valence-electron chi connectivity index (χ0n) is 18.6. The van der Waals surface area contributed by atoms with Gasteiger partial charge in [-0.1, -0.05) is 35.5 Å². The largest absolute Gasteiger partial charge is 0.394 e. The first-order valence-electron chi connectivity index (χ1n) is 11.3.